The van der Waals surface area contributed by atoms with Crippen LogP contribution in [0.1, 0.15) is 5.56 Å². The Morgan fingerprint density at radius 2 is 2.30 bits per heavy atom. The molecule has 0 aliphatic rings. The highest BCUT2D eigenvalue weighted by molar-refractivity contribution is 9.10. The maximum Gasteiger partial charge on any atom is 0.129 e. The summed E-state index contributed by atoms with van der Waals surface area (Å²) in [6.45, 7) is 2.04. The van der Waals surface area contributed by atoms with Crippen LogP contribution in [-0.2, 0) is 0 Å². The second kappa shape index (κ2) is 3.01. The molecule has 0 spiro atoms. The number of hydrogen-bond acceptors (Lipinski definition) is 2. The molecule has 0 fully saturated rings. The third-order valence-electron chi connectivity index (χ3n) is 1.36. The van der Waals surface area contributed by atoms with Crippen LogP contribution < -0.4 is 5.32 Å². The lowest BCUT2D eigenvalue weighted by Gasteiger charge is -2.04. The van der Waals surface area contributed by atoms with Gasteiger partial charge in [0.2, 0.25) is 0 Å². The predicted octanol–water partition coefficient (Wildman–Crippen LogP) is 2.19. The van der Waals surface area contributed by atoms with Crippen molar-refractivity contribution in [3.8, 4) is 0 Å². The Balaban J connectivity index is 3.17. The molecular formula is C7H9BrN2. The van der Waals surface area contributed by atoms with Crippen molar-refractivity contribution in [1.29, 1.82) is 0 Å². The maximum absolute atomic E-state index is 4.06. The highest BCUT2D eigenvalue weighted by Gasteiger charge is 1.99. The Bertz CT molecular complexity index is 215. The summed E-state index contributed by atoms with van der Waals surface area (Å²) >= 11 is 3.33. The SMILES string of the molecule is CNc1c(C)ccnc1Br. The Kier molecular flexibility index (Phi) is 2.27. The monoisotopic (exact) mass is 200 g/mol. The summed E-state index contributed by atoms with van der Waals surface area (Å²) in [6.07, 6.45) is 1.78. The minimum absolute atomic E-state index is 0.870. The van der Waals surface area contributed by atoms with Crippen molar-refractivity contribution in [2.75, 3.05) is 12.4 Å². The van der Waals surface area contributed by atoms with Gasteiger partial charge in [-0.05, 0) is 34.5 Å². The average Bonchev–Trinajstić information content (AvgIpc) is 1.88. The van der Waals surface area contributed by atoms with Crippen molar-refractivity contribution in [1.82, 2.24) is 4.98 Å². The van der Waals surface area contributed by atoms with Crippen LogP contribution in [0.3, 0.4) is 0 Å². The molecule has 0 aliphatic heterocycles. The van der Waals surface area contributed by atoms with E-state index in [-0.39, 0.29) is 0 Å². The molecule has 1 heterocycles. The smallest absolute Gasteiger partial charge is 0.129 e. The summed E-state index contributed by atoms with van der Waals surface area (Å²) in [6, 6.07) is 1.97. The summed E-state index contributed by atoms with van der Waals surface area (Å²) in [7, 11) is 1.88. The molecule has 1 rings (SSSR count). The van der Waals surface area contributed by atoms with E-state index in [2.05, 4.69) is 26.2 Å². The molecule has 0 unspecified atom stereocenters. The second-order valence-electron chi connectivity index (χ2n) is 2.04. The Morgan fingerprint density at radius 1 is 1.60 bits per heavy atom. The number of nitrogens with zero attached hydrogens (tertiary/aromatic N) is 1. The molecule has 0 aliphatic carbocycles. The van der Waals surface area contributed by atoms with Gasteiger partial charge >= 0.3 is 0 Å². The molecule has 2 nitrogen and oxygen atoms in total. The number of rotatable bonds is 1. The molecule has 0 bridgehead atoms. The molecule has 1 aromatic rings. The molecule has 0 amide bonds. The fraction of sp³-hybridized carbons (Fsp3) is 0.286. The van der Waals surface area contributed by atoms with Gasteiger partial charge in [-0.1, -0.05) is 0 Å². The van der Waals surface area contributed by atoms with Gasteiger partial charge < -0.3 is 5.32 Å². The summed E-state index contributed by atoms with van der Waals surface area (Å²) in [4.78, 5) is 4.06. The van der Waals surface area contributed by atoms with E-state index in [0.717, 1.165) is 10.3 Å². The van der Waals surface area contributed by atoms with Crippen LogP contribution in [0.2, 0.25) is 0 Å². The van der Waals surface area contributed by atoms with Crippen LogP contribution in [0.15, 0.2) is 16.9 Å². The van der Waals surface area contributed by atoms with Gasteiger partial charge in [0.1, 0.15) is 4.60 Å². The first kappa shape index (κ1) is 7.54. The van der Waals surface area contributed by atoms with Crippen LogP contribution in [-0.4, -0.2) is 12.0 Å². The first-order chi connectivity index (χ1) is 4.75. The zero-order chi connectivity index (χ0) is 7.56. The van der Waals surface area contributed by atoms with Gasteiger partial charge in [0.05, 0.1) is 5.69 Å². The van der Waals surface area contributed by atoms with E-state index >= 15 is 0 Å². The minimum atomic E-state index is 0.870. The van der Waals surface area contributed by atoms with Crippen LogP contribution in [0, 0.1) is 6.92 Å². The number of hydrogen-bond donors (Lipinski definition) is 1. The minimum Gasteiger partial charge on any atom is -0.386 e. The molecule has 0 radical (unpaired) electrons. The van der Waals surface area contributed by atoms with Crippen LogP contribution in [0.4, 0.5) is 5.69 Å². The normalized spacial score (nSPS) is 9.50. The predicted molar refractivity (Wildman–Crippen MR) is 46.2 cm³/mol. The molecule has 0 saturated heterocycles. The molecule has 10 heavy (non-hydrogen) atoms. The standard InChI is InChI=1S/C7H9BrN2/c1-5-3-4-10-7(8)6(5)9-2/h3-4,9H,1-2H3. The molecule has 3 heteroatoms. The third kappa shape index (κ3) is 1.29. The fourth-order valence-electron chi connectivity index (χ4n) is 0.825. The van der Waals surface area contributed by atoms with Gasteiger partial charge in [-0.2, -0.15) is 0 Å². The maximum atomic E-state index is 4.06. The molecule has 0 aromatic carbocycles. The van der Waals surface area contributed by atoms with Gasteiger partial charge in [0, 0.05) is 13.2 Å². The van der Waals surface area contributed by atoms with Crippen molar-refractivity contribution in [3.05, 3.63) is 22.4 Å². The van der Waals surface area contributed by atoms with Crippen LogP contribution in [0.5, 0.6) is 0 Å². The average molecular weight is 201 g/mol. The van der Waals surface area contributed by atoms with Gasteiger partial charge in [-0.3, -0.25) is 0 Å². The largest absolute Gasteiger partial charge is 0.386 e. The van der Waals surface area contributed by atoms with E-state index in [9.17, 15) is 0 Å². The van der Waals surface area contributed by atoms with Crippen molar-refractivity contribution >= 4 is 21.6 Å². The van der Waals surface area contributed by atoms with E-state index < -0.39 is 0 Å². The van der Waals surface area contributed by atoms with E-state index in [4.69, 9.17) is 0 Å². The van der Waals surface area contributed by atoms with E-state index in [1.54, 1.807) is 6.20 Å². The van der Waals surface area contributed by atoms with Gasteiger partial charge in [0.25, 0.3) is 0 Å². The lowest BCUT2D eigenvalue weighted by Crippen LogP contribution is -1.93. The highest BCUT2D eigenvalue weighted by Crippen LogP contribution is 2.21. The topological polar surface area (TPSA) is 24.9 Å². The van der Waals surface area contributed by atoms with Crippen molar-refractivity contribution in [2.45, 2.75) is 6.92 Å². The van der Waals surface area contributed by atoms with Crippen molar-refractivity contribution in [2.24, 2.45) is 0 Å². The van der Waals surface area contributed by atoms with Gasteiger partial charge in [0.15, 0.2) is 0 Å². The lowest BCUT2D eigenvalue weighted by atomic mass is 10.2. The van der Waals surface area contributed by atoms with E-state index in [1.165, 1.54) is 5.56 Å². The summed E-state index contributed by atoms with van der Waals surface area (Å²) in [5.74, 6) is 0. The number of pyridine rings is 1. The van der Waals surface area contributed by atoms with E-state index in [1.807, 2.05) is 20.0 Å². The number of anilines is 1. The quantitative estimate of drug-likeness (QED) is 0.704. The summed E-state index contributed by atoms with van der Waals surface area (Å²) in [5.41, 5.74) is 2.26. The Morgan fingerprint density at radius 3 is 2.70 bits per heavy atom. The Hall–Kier alpha value is -0.570. The van der Waals surface area contributed by atoms with E-state index in [0.29, 0.717) is 0 Å². The highest BCUT2D eigenvalue weighted by atomic mass is 79.9. The zero-order valence-electron chi connectivity index (χ0n) is 5.98. The second-order valence-corrected chi connectivity index (χ2v) is 2.79. The summed E-state index contributed by atoms with van der Waals surface area (Å²) < 4.78 is 0.870. The first-order valence-electron chi connectivity index (χ1n) is 3.04. The van der Waals surface area contributed by atoms with Crippen LogP contribution in [0.25, 0.3) is 0 Å². The molecule has 1 aromatic heterocycles. The molecule has 54 valence electrons. The molecule has 0 atom stereocenters. The first-order valence-corrected chi connectivity index (χ1v) is 3.84. The third-order valence-corrected chi connectivity index (χ3v) is 1.96. The lowest BCUT2D eigenvalue weighted by molar-refractivity contribution is 1.23. The van der Waals surface area contributed by atoms with Gasteiger partial charge in [-0.15, -0.1) is 0 Å². The number of halogens is 1. The number of nitrogens with one attached hydrogen (secondary N) is 1. The molecular weight excluding hydrogens is 192 g/mol. The molecule has 0 saturated carbocycles. The Labute approximate surface area is 68.8 Å². The molecule has 1 N–H and O–H groups in total. The fourth-order valence-corrected chi connectivity index (χ4v) is 1.45. The summed E-state index contributed by atoms with van der Waals surface area (Å²) in [5, 5.41) is 3.05. The van der Waals surface area contributed by atoms with Crippen molar-refractivity contribution in [3.63, 3.8) is 0 Å². The van der Waals surface area contributed by atoms with Crippen molar-refractivity contribution < 1.29 is 0 Å². The van der Waals surface area contributed by atoms with Crippen LogP contribution >= 0.6 is 15.9 Å². The number of aromatic nitrogens is 1. The van der Waals surface area contributed by atoms with Gasteiger partial charge in [-0.25, -0.2) is 4.98 Å². The zero-order valence-corrected chi connectivity index (χ0v) is 7.57. The number of aryl methyl sites for hydroxylation is 1.